The Morgan fingerprint density at radius 3 is 2.42 bits per heavy atom. The fourth-order valence-corrected chi connectivity index (χ4v) is 1.24. The predicted octanol–water partition coefficient (Wildman–Crippen LogP) is 0.778. The first kappa shape index (κ1) is 14.3. The topological polar surface area (TPSA) is 4.36 Å². The van der Waals surface area contributed by atoms with E-state index in [9.17, 15) is 0 Å². The predicted molar refractivity (Wildman–Crippen MR) is 54.1 cm³/mol. The van der Waals surface area contributed by atoms with Crippen molar-refractivity contribution in [2.45, 2.75) is 6.92 Å². The van der Waals surface area contributed by atoms with Crippen LogP contribution in [-0.2, 0) is 0 Å². The Balaban J connectivity index is 0. The highest BCUT2D eigenvalue weighted by molar-refractivity contribution is 9.10. The second-order valence-electron chi connectivity index (χ2n) is 2.06. The van der Waals surface area contributed by atoms with Gasteiger partial charge in [0.15, 0.2) is 0 Å². The van der Waals surface area contributed by atoms with Gasteiger partial charge in [-0.15, -0.1) is 12.4 Å². The Morgan fingerprint density at radius 1 is 1.42 bits per heavy atom. The second kappa shape index (κ2) is 6.30. The third-order valence-electron chi connectivity index (χ3n) is 1.30. The Kier molecular flexibility index (Phi) is 7.51. The van der Waals surface area contributed by atoms with Crippen LogP contribution in [0.25, 0.3) is 4.85 Å². The maximum atomic E-state index is 5.11. The van der Waals surface area contributed by atoms with Crippen molar-refractivity contribution in [2.75, 3.05) is 0 Å². The quantitative estimate of drug-likeness (QED) is 0.655. The minimum absolute atomic E-state index is 0. The van der Waals surface area contributed by atoms with Crippen molar-refractivity contribution in [3.63, 3.8) is 0 Å². The molecule has 0 saturated carbocycles. The SMILES string of the molecule is C#[N+]c1ccc(Br)cc1C.Cl.[Cl-]. The molecule has 1 aromatic rings. The van der Waals surface area contributed by atoms with Gasteiger partial charge in [-0.05, 0) is 23.9 Å². The fourth-order valence-electron chi connectivity index (χ4n) is 0.764. The van der Waals surface area contributed by atoms with E-state index in [-0.39, 0.29) is 24.8 Å². The van der Waals surface area contributed by atoms with Gasteiger partial charge < -0.3 is 12.4 Å². The number of nitrogens with zero attached hydrogens (tertiary/aromatic N) is 1. The fraction of sp³-hybridized carbons (Fsp3) is 0.125. The normalized spacial score (nSPS) is 7.42. The minimum atomic E-state index is 0. The third kappa shape index (κ3) is 3.44. The van der Waals surface area contributed by atoms with Gasteiger partial charge >= 0.3 is 5.69 Å². The summed E-state index contributed by atoms with van der Waals surface area (Å²) in [6.45, 7) is 7.08. The van der Waals surface area contributed by atoms with Gasteiger partial charge in [-0.25, -0.2) is 0 Å². The van der Waals surface area contributed by atoms with Crippen LogP contribution in [0.5, 0.6) is 0 Å². The summed E-state index contributed by atoms with van der Waals surface area (Å²) in [6, 6.07) is 5.77. The zero-order chi connectivity index (χ0) is 7.56. The molecule has 0 atom stereocenters. The summed E-state index contributed by atoms with van der Waals surface area (Å²) in [5.41, 5.74) is 1.92. The van der Waals surface area contributed by atoms with E-state index >= 15 is 0 Å². The van der Waals surface area contributed by atoms with Crippen LogP contribution in [-0.4, -0.2) is 0 Å². The van der Waals surface area contributed by atoms with E-state index in [1.54, 1.807) is 0 Å². The van der Waals surface area contributed by atoms with E-state index in [0.717, 1.165) is 15.7 Å². The molecule has 0 spiro atoms. The van der Waals surface area contributed by atoms with Gasteiger partial charge in [-0.2, -0.15) is 0 Å². The number of rotatable bonds is 0. The molecule has 0 saturated heterocycles. The maximum absolute atomic E-state index is 5.11. The highest BCUT2D eigenvalue weighted by Gasteiger charge is 2.04. The summed E-state index contributed by atoms with van der Waals surface area (Å²) >= 11 is 3.34. The van der Waals surface area contributed by atoms with Gasteiger partial charge in [-0.1, -0.05) is 15.9 Å². The molecule has 1 nitrogen and oxygen atoms in total. The first-order chi connectivity index (χ1) is 4.74. The lowest BCUT2D eigenvalue weighted by Gasteiger charge is -1.88. The zero-order valence-corrected chi connectivity index (χ0v) is 9.58. The van der Waals surface area contributed by atoms with Gasteiger partial charge in [0.05, 0.1) is 0 Å². The third-order valence-corrected chi connectivity index (χ3v) is 1.79. The molecule has 0 radical (unpaired) electrons. The Labute approximate surface area is 92.9 Å². The van der Waals surface area contributed by atoms with Crippen molar-refractivity contribution in [2.24, 2.45) is 0 Å². The van der Waals surface area contributed by atoms with Crippen LogP contribution < -0.4 is 12.4 Å². The van der Waals surface area contributed by atoms with E-state index in [2.05, 4.69) is 20.8 Å². The van der Waals surface area contributed by atoms with Crippen LogP contribution >= 0.6 is 28.3 Å². The van der Waals surface area contributed by atoms with Crippen LogP contribution in [0.1, 0.15) is 5.56 Å². The molecular formula is C8H8BrCl2N. The van der Waals surface area contributed by atoms with Gasteiger partial charge in [0.1, 0.15) is 0 Å². The molecule has 1 aromatic carbocycles. The lowest BCUT2D eigenvalue weighted by Crippen LogP contribution is -3.00. The van der Waals surface area contributed by atoms with Crippen LogP contribution in [0.3, 0.4) is 0 Å². The Bertz CT molecular complexity index is 294. The van der Waals surface area contributed by atoms with Crippen LogP contribution in [0, 0.1) is 13.5 Å². The van der Waals surface area contributed by atoms with Gasteiger partial charge in [0.2, 0.25) is 0 Å². The van der Waals surface area contributed by atoms with Gasteiger partial charge in [0, 0.05) is 16.1 Å². The van der Waals surface area contributed by atoms with Crippen molar-refractivity contribution in [3.05, 3.63) is 33.1 Å². The summed E-state index contributed by atoms with van der Waals surface area (Å²) in [5.74, 6) is 0. The van der Waals surface area contributed by atoms with Crippen molar-refractivity contribution < 1.29 is 12.4 Å². The van der Waals surface area contributed by atoms with E-state index < -0.39 is 0 Å². The van der Waals surface area contributed by atoms with Crippen molar-refractivity contribution in [3.8, 4) is 6.57 Å². The standard InChI is InChI=1S/C8H7BrN.2ClH/c1-6-5-7(9)3-4-8(6)10-2;;/h2-5H,1H3;2*1H/q+1;;/p-1. The van der Waals surface area contributed by atoms with E-state index in [0.29, 0.717) is 0 Å². The van der Waals surface area contributed by atoms with E-state index in [1.165, 1.54) is 0 Å². The van der Waals surface area contributed by atoms with Gasteiger partial charge in [-0.3, -0.25) is 0 Å². The molecule has 66 valence electrons. The number of halogens is 3. The average Bonchev–Trinajstić information content (AvgIpc) is 1.88. The van der Waals surface area contributed by atoms with Crippen LogP contribution in [0.15, 0.2) is 22.7 Å². The molecule has 0 N–H and O–H groups in total. The first-order valence-electron chi connectivity index (χ1n) is 2.91. The van der Waals surface area contributed by atoms with Crippen LogP contribution in [0.2, 0.25) is 0 Å². The number of benzene rings is 1. The molecule has 0 bridgehead atoms. The molecule has 4 heteroatoms. The molecule has 0 unspecified atom stereocenters. The molecule has 0 aliphatic rings. The molecule has 0 aromatic heterocycles. The molecule has 12 heavy (non-hydrogen) atoms. The highest BCUT2D eigenvalue weighted by atomic mass is 79.9. The number of hydrogen-bond acceptors (Lipinski definition) is 0. The molecule has 0 amide bonds. The molecule has 0 heterocycles. The van der Waals surface area contributed by atoms with Crippen molar-refractivity contribution in [1.29, 1.82) is 0 Å². The summed E-state index contributed by atoms with van der Waals surface area (Å²) in [5, 5.41) is 0. The average molecular weight is 269 g/mol. The number of hydrogen-bond donors (Lipinski definition) is 0. The summed E-state index contributed by atoms with van der Waals surface area (Å²) in [7, 11) is 0. The maximum Gasteiger partial charge on any atom is 0.342 e. The molecule has 1 rings (SSSR count). The molecule has 0 aliphatic carbocycles. The lowest BCUT2D eigenvalue weighted by atomic mass is 10.2. The van der Waals surface area contributed by atoms with Gasteiger partial charge in [0.25, 0.3) is 6.57 Å². The molecule has 0 aliphatic heterocycles. The monoisotopic (exact) mass is 267 g/mol. The van der Waals surface area contributed by atoms with Crippen molar-refractivity contribution in [1.82, 2.24) is 0 Å². The second-order valence-corrected chi connectivity index (χ2v) is 2.98. The molecule has 0 fully saturated rings. The Hall–Kier alpha value is -0.230. The summed E-state index contributed by atoms with van der Waals surface area (Å²) in [4.78, 5) is 3.59. The Morgan fingerprint density at radius 2 is 2.00 bits per heavy atom. The van der Waals surface area contributed by atoms with E-state index in [1.807, 2.05) is 25.1 Å². The minimum Gasteiger partial charge on any atom is -1.00 e. The largest absolute Gasteiger partial charge is 1.00 e. The number of aryl methyl sites for hydroxylation is 1. The van der Waals surface area contributed by atoms with Crippen molar-refractivity contribution >= 4 is 34.0 Å². The first-order valence-corrected chi connectivity index (χ1v) is 3.70. The highest BCUT2D eigenvalue weighted by Crippen LogP contribution is 2.21. The zero-order valence-electron chi connectivity index (χ0n) is 6.42. The summed E-state index contributed by atoms with van der Waals surface area (Å²) < 4.78 is 1.05. The smallest absolute Gasteiger partial charge is 0.342 e. The lowest BCUT2D eigenvalue weighted by molar-refractivity contribution is -0.00000212. The van der Waals surface area contributed by atoms with E-state index in [4.69, 9.17) is 6.57 Å². The summed E-state index contributed by atoms with van der Waals surface area (Å²) in [6.07, 6.45) is 0. The molecular weight excluding hydrogens is 261 g/mol. The van der Waals surface area contributed by atoms with Crippen LogP contribution in [0.4, 0.5) is 5.69 Å².